The number of hydrogen-bond donors (Lipinski definition) is 2. The summed E-state index contributed by atoms with van der Waals surface area (Å²) in [7, 11) is 0. The highest BCUT2D eigenvalue weighted by molar-refractivity contribution is 6.30. The van der Waals surface area contributed by atoms with Gasteiger partial charge in [-0.1, -0.05) is 23.7 Å². The second-order valence-corrected chi connectivity index (χ2v) is 5.23. The van der Waals surface area contributed by atoms with Gasteiger partial charge in [0, 0.05) is 18.2 Å². The van der Waals surface area contributed by atoms with Gasteiger partial charge in [-0.2, -0.15) is 0 Å². The molecule has 1 aliphatic rings. The van der Waals surface area contributed by atoms with E-state index in [1.54, 1.807) is 0 Å². The normalized spacial score (nSPS) is 20.0. The number of carbonyl (C=O) groups excluding carboxylic acids is 1. The molecule has 104 valence electrons. The van der Waals surface area contributed by atoms with Crippen LogP contribution in [0.2, 0.25) is 5.02 Å². The maximum atomic E-state index is 11.7. The lowest BCUT2D eigenvalue weighted by molar-refractivity contribution is 0.0860. The maximum absolute atomic E-state index is 11.7. The number of benzene rings is 1. The van der Waals surface area contributed by atoms with Crippen LogP contribution in [0, 0.1) is 0 Å². The van der Waals surface area contributed by atoms with Crippen molar-refractivity contribution in [1.82, 2.24) is 10.6 Å². The number of ether oxygens (including phenoxy) is 1. The zero-order chi connectivity index (χ0) is 13.7. The quantitative estimate of drug-likeness (QED) is 0.892. The molecule has 1 aromatic rings. The van der Waals surface area contributed by atoms with E-state index < -0.39 is 0 Å². The number of halogens is 1. The van der Waals surface area contributed by atoms with E-state index in [1.807, 2.05) is 31.2 Å². The van der Waals surface area contributed by atoms with Gasteiger partial charge in [0.25, 0.3) is 0 Å². The van der Waals surface area contributed by atoms with Gasteiger partial charge in [0.05, 0.1) is 12.1 Å². The van der Waals surface area contributed by atoms with E-state index in [-0.39, 0.29) is 18.2 Å². The SMILES string of the molecule is CC(NC(=O)NCc1ccc(Cl)cc1)C1CCCO1. The van der Waals surface area contributed by atoms with E-state index in [2.05, 4.69) is 10.6 Å². The van der Waals surface area contributed by atoms with Crippen molar-refractivity contribution in [3.63, 3.8) is 0 Å². The minimum atomic E-state index is -0.169. The third-order valence-electron chi connectivity index (χ3n) is 3.25. The molecule has 1 heterocycles. The molecule has 0 radical (unpaired) electrons. The third kappa shape index (κ3) is 4.40. The molecule has 1 fully saturated rings. The number of nitrogens with one attached hydrogen (secondary N) is 2. The molecule has 2 rings (SSSR count). The fourth-order valence-electron chi connectivity index (χ4n) is 2.13. The average molecular weight is 283 g/mol. The van der Waals surface area contributed by atoms with Crippen LogP contribution in [-0.2, 0) is 11.3 Å². The van der Waals surface area contributed by atoms with Gasteiger partial charge in [0.15, 0.2) is 0 Å². The van der Waals surface area contributed by atoms with Gasteiger partial charge in [-0.05, 0) is 37.5 Å². The van der Waals surface area contributed by atoms with Gasteiger partial charge in [0.1, 0.15) is 0 Å². The zero-order valence-corrected chi connectivity index (χ0v) is 11.7. The van der Waals surface area contributed by atoms with Crippen LogP contribution in [0.15, 0.2) is 24.3 Å². The summed E-state index contributed by atoms with van der Waals surface area (Å²) in [5.74, 6) is 0. The van der Waals surface area contributed by atoms with Crippen molar-refractivity contribution in [3.05, 3.63) is 34.9 Å². The second-order valence-electron chi connectivity index (χ2n) is 4.79. The van der Waals surface area contributed by atoms with Crippen LogP contribution in [0.3, 0.4) is 0 Å². The number of carbonyl (C=O) groups is 1. The Bertz CT molecular complexity index is 416. The molecular weight excluding hydrogens is 264 g/mol. The van der Waals surface area contributed by atoms with Crippen LogP contribution in [0.5, 0.6) is 0 Å². The summed E-state index contributed by atoms with van der Waals surface area (Å²) >= 11 is 5.80. The molecule has 4 nitrogen and oxygen atoms in total. The molecule has 1 aromatic carbocycles. The number of rotatable bonds is 4. The fraction of sp³-hybridized carbons (Fsp3) is 0.500. The van der Waals surface area contributed by atoms with Crippen LogP contribution in [-0.4, -0.2) is 24.8 Å². The summed E-state index contributed by atoms with van der Waals surface area (Å²) in [5, 5.41) is 6.42. The highest BCUT2D eigenvalue weighted by atomic mass is 35.5. The molecule has 2 amide bonds. The molecule has 0 aliphatic carbocycles. The van der Waals surface area contributed by atoms with Gasteiger partial charge in [-0.15, -0.1) is 0 Å². The largest absolute Gasteiger partial charge is 0.376 e. The Balaban J connectivity index is 1.73. The summed E-state index contributed by atoms with van der Waals surface area (Å²) in [6.45, 7) is 3.25. The van der Waals surface area contributed by atoms with E-state index in [1.165, 1.54) is 0 Å². The number of amides is 2. The lowest BCUT2D eigenvalue weighted by Crippen LogP contribution is -2.45. The maximum Gasteiger partial charge on any atom is 0.315 e. The Labute approximate surface area is 118 Å². The summed E-state index contributed by atoms with van der Waals surface area (Å²) < 4.78 is 5.53. The molecular formula is C14H19ClN2O2. The standard InChI is InChI=1S/C14H19ClN2O2/c1-10(13-3-2-8-19-13)17-14(18)16-9-11-4-6-12(15)7-5-11/h4-7,10,13H,2-3,8-9H2,1H3,(H2,16,17,18). The van der Waals surface area contributed by atoms with E-state index >= 15 is 0 Å². The first-order valence-corrected chi connectivity index (χ1v) is 6.93. The lowest BCUT2D eigenvalue weighted by atomic mass is 10.1. The van der Waals surface area contributed by atoms with Crippen LogP contribution >= 0.6 is 11.6 Å². The van der Waals surface area contributed by atoms with Gasteiger partial charge < -0.3 is 15.4 Å². The van der Waals surface area contributed by atoms with Crippen molar-refractivity contribution >= 4 is 17.6 Å². The average Bonchev–Trinajstić information content (AvgIpc) is 2.92. The monoisotopic (exact) mass is 282 g/mol. The number of urea groups is 1. The molecule has 2 unspecified atom stereocenters. The Kier molecular flexibility index (Phi) is 5.05. The molecule has 0 bridgehead atoms. The lowest BCUT2D eigenvalue weighted by Gasteiger charge is -2.20. The summed E-state index contributed by atoms with van der Waals surface area (Å²) in [5.41, 5.74) is 1.02. The van der Waals surface area contributed by atoms with E-state index in [0.29, 0.717) is 11.6 Å². The predicted molar refractivity (Wildman–Crippen MR) is 75.3 cm³/mol. The van der Waals surface area contributed by atoms with Crippen molar-refractivity contribution in [2.45, 2.75) is 38.5 Å². The first-order chi connectivity index (χ1) is 9.15. The molecule has 2 N–H and O–H groups in total. The third-order valence-corrected chi connectivity index (χ3v) is 3.50. The molecule has 2 atom stereocenters. The summed E-state index contributed by atoms with van der Waals surface area (Å²) in [6, 6.07) is 7.28. The molecule has 5 heteroatoms. The Morgan fingerprint density at radius 3 is 2.84 bits per heavy atom. The highest BCUT2D eigenvalue weighted by Gasteiger charge is 2.23. The summed E-state index contributed by atoms with van der Waals surface area (Å²) in [4.78, 5) is 11.7. The van der Waals surface area contributed by atoms with E-state index in [4.69, 9.17) is 16.3 Å². The predicted octanol–water partition coefficient (Wildman–Crippen LogP) is 2.71. The minimum Gasteiger partial charge on any atom is -0.376 e. The van der Waals surface area contributed by atoms with E-state index in [9.17, 15) is 4.79 Å². The molecule has 1 aliphatic heterocycles. The number of hydrogen-bond acceptors (Lipinski definition) is 2. The first-order valence-electron chi connectivity index (χ1n) is 6.55. The fourth-order valence-corrected chi connectivity index (χ4v) is 2.26. The van der Waals surface area contributed by atoms with Crippen LogP contribution in [0.25, 0.3) is 0 Å². The Morgan fingerprint density at radius 1 is 1.47 bits per heavy atom. The first kappa shape index (κ1) is 14.2. The molecule has 1 saturated heterocycles. The van der Waals surface area contributed by atoms with Crippen molar-refractivity contribution in [3.8, 4) is 0 Å². The molecule has 0 saturated carbocycles. The minimum absolute atomic E-state index is 0.0349. The van der Waals surface area contributed by atoms with Gasteiger partial charge in [-0.3, -0.25) is 0 Å². The Morgan fingerprint density at radius 2 is 2.21 bits per heavy atom. The van der Waals surface area contributed by atoms with Gasteiger partial charge >= 0.3 is 6.03 Å². The van der Waals surface area contributed by atoms with Crippen molar-refractivity contribution < 1.29 is 9.53 Å². The van der Waals surface area contributed by atoms with Crippen LogP contribution in [0.1, 0.15) is 25.3 Å². The van der Waals surface area contributed by atoms with Crippen molar-refractivity contribution in [1.29, 1.82) is 0 Å². The smallest absolute Gasteiger partial charge is 0.315 e. The summed E-state index contributed by atoms with van der Waals surface area (Å²) in [6.07, 6.45) is 2.23. The van der Waals surface area contributed by atoms with Gasteiger partial charge in [-0.25, -0.2) is 4.79 Å². The van der Waals surface area contributed by atoms with Crippen molar-refractivity contribution in [2.75, 3.05) is 6.61 Å². The molecule has 0 spiro atoms. The van der Waals surface area contributed by atoms with E-state index in [0.717, 1.165) is 25.0 Å². The topological polar surface area (TPSA) is 50.4 Å². The Hall–Kier alpha value is -1.26. The zero-order valence-electron chi connectivity index (χ0n) is 11.0. The van der Waals surface area contributed by atoms with Gasteiger partial charge in [0.2, 0.25) is 0 Å². The molecule has 0 aromatic heterocycles. The second kappa shape index (κ2) is 6.78. The van der Waals surface area contributed by atoms with Crippen molar-refractivity contribution in [2.24, 2.45) is 0 Å². The molecule has 19 heavy (non-hydrogen) atoms. The van der Waals surface area contributed by atoms with Crippen LogP contribution < -0.4 is 10.6 Å². The van der Waals surface area contributed by atoms with Crippen LogP contribution in [0.4, 0.5) is 4.79 Å². The highest BCUT2D eigenvalue weighted by Crippen LogP contribution is 2.15.